The first-order chi connectivity index (χ1) is 12.0. The van der Waals surface area contributed by atoms with Gasteiger partial charge in [-0.25, -0.2) is 4.39 Å². The first-order valence-corrected chi connectivity index (χ1v) is 7.39. The molecule has 0 fully saturated rings. The van der Waals surface area contributed by atoms with E-state index in [9.17, 15) is 34.7 Å². The van der Waals surface area contributed by atoms with Gasteiger partial charge in [-0.1, -0.05) is 34.8 Å². The van der Waals surface area contributed by atoms with Gasteiger partial charge in [0.15, 0.2) is 5.69 Å². The minimum atomic E-state index is -1.07. The maximum atomic E-state index is 13.5. The lowest BCUT2D eigenvalue weighted by Gasteiger charge is -2.12. The molecule has 0 saturated heterocycles. The maximum absolute atomic E-state index is 13.5. The van der Waals surface area contributed by atoms with Crippen LogP contribution in [0.2, 0.25) is 15.1 Å². The number of nitrogens with one attached hydrogen (secondary N) is 1. The molecule has 0 amide bonds. The van der Waals surface area contributed by atoms with Crippen LogP contribution < -0.4 is 5.32 Å². The second kappa shape index (κ2) is 7.23. The van der Waals surface area contributed by atoms with Crippen LogP contribution in [0.25, 0.3) is 0 Å². The standard InChI is InChI=1S/C12H4Cl3FN4O6/c13-5-3-6(16)9(14)10(15)11(5)17-12-7(19(23)24)1-4(18(21)22)2-8(12)20(25)26/h1-3,17H. The van der Waals surface area contributed by atoms with Crippen LogP contribution in [0.15, 0.2) is 18.2 Å². The number of hydrogen-bond acceptors (Lipinski definition) is 7. The van der Waals surface area contributed by atoms with E-state index in [2.05, 4.69) is 5.32 Å². The van der Waals surface area contributed by atoms with Gasteiger partial charge in [0.1, 0.15) is 5.82 Å². The molecule has 0 aromatic heterocycles. The number of anilines is 2. The molecule has 2 aromatic rings. The Morgan fingerprint density at radius 1 is 0.808 bits per heavy atom. The molecular weight excluding hydrogens is 422 g/mol. The summed E-state index contributed by atoms with van der Waals surface area (Å²) in [6.45, 7) is 0. The summed E-state index contributed by atoms with van der Waals surface area (Å²) in [5.41, 5.74) is -3.93. The van der Waals surface area contributed by atoms with Crippen molar-refractivity contribution in [3.63, 3.8) is 0 Å². The van der Waals surface area contributed by atoms with Gasteiger partial charge in [-0.15, -0.1) is 0 Å². The number of non-ortho nitro benzene ring substituents is 1. The van der Waals surface area contributed by atoms with Crippen molar-refractivity contribution in [1.82, 2.24) is 0 Å². The third-order valence-corrected chi connectivity index (χ3v) is 4.19. The normalized spacial score (nSPS) is 10.5. The largest absolute Gasteiger partial charge is 0.342 e. The second-order valence-electron chi connectivity index (χ2n) is 4.60. The van der Waals surface area contributed by atoms with Crippen LogP contribution in [0.1, 0.15) is 0 Å². The molecule has 0 radical (unpaired) electrons. The van der Waals surface area contributed by atoms with Crippen molar-refractivity contribution in [2.24, 2.45) is 0 Å². The van der Waals surface area contributed by atoms with Crippen molar-refractivity contribution in [2.75, 3.05) is 5.32 Å². The minimum Gasteiger partial charge on any atom is -0.342 e. The molecule has 0 aliphatic heterocycles. The van der Waals surface area contributed by atoms with Crippen LogP contribution in [-0.2, 0) is 0 Å². The zero-order valence-corrected chi connectivity index (χ0v) is 14.3. The number of rotatable bonds is 5. The molecule has 26 heavy (non-hydrogen) atoms. The molecule has 0 unspecified atom stereocenters. The fraction of sp³-hybridized carbons (Fsp3) is 0. The first kappa shape index (κ1) is 19.6. The minimum absolute atomic E-state index is 0.347. The summed E-state index contributed by atoms with van der Waals surface area (Å²) in [6, 6.07) is 1.77. The van der Waals surface area contributed by atoms with Gasteiger partial charge < -0.3 is 5.32 Å². The Labute approximate surface area is 157 Å². The fourth-order valence-corrected chi connectivity index (χ4v) is 2.60. The monoisotopic (exact) mass is 424 g/mol. The van der Waals surface area contributed by atoms with E-state index in [1.165, 1.54) is 0 Å². The highest BCUT2D eigenvalue weighted by Gasteiger charge is 2.32. The molecule has 0 heterocycles. The Bertz CT molecular complexity index is 935. The van der Waals surface area contributed by atoms with Gasteiger partial charge in [-0.3, -0.25) is 30.3 Å². The van der Waals surface area contributed by atoms with Crippen LogP contribution >= 0.6 is 34.8 Å². The molecule has 0 saturated carbocycles. The number of nitro groups is 3. The Morgan fingerprint density at radius 3 is 1.73 bits per heavy atom. The van der Waals surface area contributed by atoms with E-state index in [1.807, 2.05) is 0 Å². The SMILES string of the molecule is O=[N+]([O-])c1cc([N+](=O)[O-])c(Nc2c(Cl)cc(F)c(Cl)c2Cl)c([N+](=O)[O-])c1. The molecule has 1 N–H and O–H groups in total. The Morgan fingerprint density at radius 2 is 1.31 bits per heavy atom. The topological polar surface area (TPSA) is 141 Å². The average molecular weight is 426 g/mol. The Hall–Kier alpha value is -2.76. The lowest BCUT2D eigenvalue weighted by molar-refractivity contribution is -0.401. The van der Waals surface area contributed by atoms with Crippen molar-refractivity contribution in [2.45, 2.75) is 0 Å². The molecule has 2 aromatic carbocycles. The predicted octanol–water partition coefficient (Wildman–Crippen LogP) is 5.25. The summed E-state index contributed by atoms with van der Waals surface area (Å²) in [6.07, 6.45) is 0. The number of halogens is 4. The third kappa shape index (κ3) is 3.59. The maximum Gasteiger partial charge on any atom is 0.306 e. The average Bonchev–Trinajstić information content (AvgIpc) is 2.55. The molecule has 0 bridgehead atoms. The number of hydrogen-bond donors (Lipinski definition) is 1. The van der Waals surface area contributed by atoms with Gasteiger partial charge >= 0.3 is 11.4 Å². The van der Waals surface area contributed by atoms with E-state index in [0.29, 0.717) is 12.1 Å². The molecule has 0 aliphatic rings. The van der Waals surface area contributed by atoms with Gasteiger partial charge in [0.2, 0.25) is 0 Å². The molecule has 0 spiro atoms. The zero-order valence-electron chi connectivity index (χ0n) is 12.0. The van der Waals surface area contributed by atoms with Crippen LogP contribution in [0.4, 0.5) is 32.8 Å². The summed E-state index contributed by atoms with van der Waals surface area (Å²) in [5.74, 6) is -0.986. The van der Waals surface area contributed by atoms with Gasteiger partial charge in [-0.05, 0) is 6.07 Å². The molecule has 0 aliphatic carbocycles. The first-order valence-electron chi connectivity index (χ1n) is 6.25. The zero-order chi connectivity index (χ0) is 19.8. The summed E-state index contributed by atoms with van der Waals surface area (Å²) in [4.78, 5) is 30.1. The summed E-state index contributed by atoms with van der Waals surface area (Å²) < 4.78 is 13.5. The highest BCUT2D eigenvalue weighted by atomic mass is 35.5. The summed E-state index contributed by atoms with van der Waals surface area (Å²) in [7, 11) is 0. The van der Waals surface area contributed by atoms with Crippen LogP contribution in [-0.4, -0.2) is 14.8 Å². The van der Waals surface area contributed by atoms with E-state index in [0.717, 1.165) is 6.07 Å². The van der Waals surface area contributed by atoms with Crippen LogP contribution in [0.5, 0.6) is 0 Å². The molecular formula is C12H4Cl3FN4O6. The molecule has 2 rings (SSSR count). The lowest BCUT2D eigenvalue weighted by atomic mass is 10.2. The van der Waals surface area contributed by atoms with Crippen molar-refractivity contribution < 1.29 is 19.2 Å². The van der Waals surface area contributed by atoms with E-state index in [4.69, 9.17) is 34.8 Å². The smallest absolute Gasteiger partial charge is 0.306 e. The van der Waals surface area contributed by atoms with Crippen molar-refractivity contribution in [3.05, 3.63) is 69.4 Å². The fourth-order valence-electron chi connectivity index (χ4n) is 1.92. The molecule has 0 atom stereocenters. The quantitative estimate of drug-likeness (QED) is 0.298. The highest BCUT2D eigenvalue weighted by molar-refractivity contribution is 6.46. The molecule has 136 valence electrons. The number of nitrogens with zero attached hydrogens (tertiary/aromatic N) is 3. The van der Waals surface area contributed by atoms with Gasteiger partial charge in [0.05, 0.1) is 47.7 Å². The van der Waals surface area contributed by atoms with E-state index in [-0.39, 0.29) is 10.7 Å². The van der Waals surface area contributed by atoms with Gasteiger partial charge in [0, 0.05) is 0 Å². The number of nitro benzene ring substituents is 3. The summed E-state index contributed by atoms with van der Waals surface area (Å²) in [5, 5.41) is 34.1. The number of benzene rings is 2. The molecule has 14 heteroatoms. The predicted molar refractivity (Wildman–Crippen MR) is 91.1 cm³/mol. The lowest BCUT2D eigenvalue weighted by Crippen LogP contribution is -2.04. The third-order valence-electron chi connectivity index (χ3n) is 3.05. The van der Waals surface area contributed by atoms with E-state index >= 15 is 0 Å². The highest BCUT2D eigenvalue weighted by Crippen LogP contribution is 2.45. The van der Waals surface area contributed by atoms with Crippen molar-refractivity contribution >= 4 is 63.2 Å². The second-order valence-corrected chi connectivity index (χ2v) is 5.76. The van der Waals surface area contributed by atoms with Gasteiger partial charge in [-0.2, -0.15) is 0 Å². The van der Waals surface area contributed by atoms with Crippen LogP contribution in [0.3, 0.4) is 0 Å². The van der Waals surface area contributed by atoms with Crippen LogP contribution in [0, 0.1) is 36.2 Å². The van der Waals surface area contributed by atoms with E-state index < -0.39 is 53.4 Å². The Kier molecular flexibility index (Phi) is 5.44. The van der Waals surface area contributed by atoms with Gasteiger partial charge in [0.25, 0.3) is 5.69 Å². The summed E-state index contributed by atoms with van der Waals surface area (Å²) >= 11 is 17.3. The van der Waals surface area contributed by atoms with Crippen molar-refractivity contribution in [3.8, 4) is 0 Å². The molecule has 10 nitrogen and oxygen atoms in total. The van der Waals surface area contributed by atoms with E-state index in [1.54, 1.807) is 0 Å². The Balaban J connectivity index is 2.78. The van der Waals surface area contributed by atoms with Crippen molar-refractivity contribution in [1.29, 1.82) is 0 Å².